The van der Waals surface area contributed by atoms with Gasteiger partial charge >= 0.3 is 5.97 Å². The molecule has 0 bridgehead atoms. The van der Waals surface area contributed by atoms with Crippen LogP contribution in [0.15, 0.2) is 41.2 Å². The molecule has 2 heterocycles. The summed E-state index contributed by atoms with van der Waals surface area (Å²) in [6.45, 7) is 2.82. The smallest absolute Gasteiger partial charge is 0.339 e. The zero-order valence-electron chi connectivity index (χ0n) is 13.4. The van der Waals surface area contributed by atoms with E-state index in [0.717, 1.165) is 30.5 Å². The van der Waals surface area contributed by atoms with Crippen LogP contribution >= 0.6 is 0 Å². The highest BCUT2D eigenvalue weighted by atomic mass is 16.5. The third-order valence-corrected chi connectivity index (χ3v) is 4.25. The number of benzene rings is 1. The van der Waals surface area contributed by atoms with Crippen LogP contribution in [0, 0.1) is 0 Å². The minimum atomic E-state index is -0.326. The lowest BCUT2D eigenvalue weighted by Crippen LogP contribution is -2.32. The third kappa shape index (κ3) is 3.21. The van der Waals surface area contributed by atoms with E-state index in [1.54, 1.807) is 17.6 Å². The molecule has 0 spiro atoms. The molecule has 0 fully saturated rings. The Morgan fingerprint density at radius 2 is 2.00 bits per heavy atom. The number of ether oxygens (including phenoxy) is 1. The number of esters is 1. The van der Waals surface area contributed by atoms with Crippen LogP contribution in [-0.2, 0) is 24.1 Å². The maximum Gasteiger partial charge on any atom is 0.339 e. The summed E-state index contributed by atoms with van der Waals surface area (Å²) >= 11 is 0. The first-order valence-electron chi connectivity index (χ1n) is 8.17. The van der Waals surface area contributed by atoms with E-state index < -0.39 is 0 Å². The number of carbonyl (C=O) groups excluding carboxylic acids is 1. The van der Waals surface area contributed by atoms with Crippen LogP contribution in [0.4, 0.5) is 0 Å². The molecule has 23 heavy (non-hydrogen) atoms. The van der Waals surface area contributed by atoms with Gasteiger partial charge in [-0.1, -0.05) is 30.3 Å². The Labute approximate surface area is 135 Å². The van der Waals surface area contributed by atoms with Gasteiger partial charge in [-0.2, -0.15) is 0 Å². The summed E-state index contributed by atoms with van der Waals surface area (Å²) in [5, 5.41) is 0. The molecule has 0 aliphatic carbocycles. The number of nitrogens with zero attached hydrogens (tertiary/aromatic N) is 1. The highest BCUT2D eigenvalue weighted by molar-refractivity contribution is 5.91. The van der Waals surface area contributed by atoms with Crippen LogP contribution < -0.4 is 5.56 Å². The molecule has 0 saturated heterocycles. The van der Waals surface area contributed by atoms with E-state index in [1.165, 1.54) is 0 Å². The molecule has 0 N–H and O–H groups in total. The fourth-order valence-corrected chi connectivity index (χ4v) is 3.16. The fourth-order valence-electron chi connectivity index (χ4n) is 3.16. The quantitative estimate of drug-likeness (QED) is 0.816. The second-order valence-electron chi connectivity index (χ2n) is 5.83. The molecule has 4 nitrogen and oxygen atoms in total. The van der Waals surface area contributed by atoms with Gasteiger partial charge < -0.3 is 9.30 Å². The maximum atomic E-state index is 12.8. The van der Waals surface area contributed by atoms with Crippen molar-refractivity contribution in [3.63, 3.8) is 0 Å². The highest BCUT2D eigenvalue weighted by Crippen LogP contribution is 2.20. The van der Waals surface area contributed by atoms with Gasteiger partial charge in [0, 0.05) is 24.2 Å². The van der Waals surface area contributed by atoms with Gasteiger partial charge in [-0.25, -0.2) is 4.79 Å². The molecule has 0 radical (unpaired) electrons. The van der Waals surface area contributed by atoms with Crippen molar-refractivity contribution in [2.45, 2.75) is 39.2 Å². The van der Waals surface area contributed by atoms with E-state index in [4.69, 9.17) is 4.74 Å². The van der Waals surface area contributed by atoms with E-state index in [9.17, 15) is 9.59 Å². The maximum absolute atomic E-state index is 12.8. The number of hydrogen-bond acceptors (Lipinski definition) is 3. The predicted molar refractivity (Wildman–Crippen MR) is 88.8 cm³/mol. The van der Waals surface area contributed by atoms with Gasteiger partial charge in [0.05, 0.1) is 12.2 Å². The van der Waals surface area contributed by atoms with Crippen molar-refractivity contribution in [3.8, 4) is 0 Å². The number of fused-ring (bicyclic) bond motifs is 1. The SMILES string of the molecule is CCOC(=O)c1cc(Cc2ccccc2)c(=O)n2c1CCCC2. The molecular weight excluding hydrogens is 290 g/mol. The molecule has 0 unspecified atom stereocenters. The van der Waals surface area contributed by atoms with Crippen LogP contribution in [0.5, 0.6) is 0 Å². The number of pyridine rings is 1. The van der Waals surface area contributed by atoms with Gasteiger partial charge in [-0.3, -0.25) is 4.79 Å². The fraction of sp³-hybridized carbons (Fsp3) is 0.368. The van der Waals surface area contributed by atoms with Crippen molar-refractivity contribution < 1.29 is 9.53 Å². The molecule has 4 heteroatoms. The second-order valence-corrected chi connectivity index (χ2v) is 5.83. The molecule has 1 aliphatic heterocycles. The normalized spacial score (nSPS) is 13.4. The van der Waals surface area contributed by atoms with Crippen LogP contribution in [0.3, 0.4) is 0 Å². The monoisotopic (exact) mass is 311 g/mol. The van der Waals surface area contributed by atoms with Gasteiger partial charge in [0.1, 0.15) is 0 Å². The zero-order chi connectivity index (χ0) is 16.2. The van der Waals surface area contributed by atoms with Crippen LogP contribution in [0.2, 0.25) is 0 Å². The van der Waals surface area contributed by atoms with Crippen molar-refractivity contribution >= 4 is 5.97 Å². The Bertz CT molecular complexity index is 762. The molecule has 0 amide bonds. The summed E-state index contributed by atoms with van der Waals surface area (Å²) in [6.07, 6.45) is 3.27. The first-order chi connectivity index (χ1) is 11.2. The van der Waals surface area contributed by atoms with Crippen molar-refractivity contribution in [3.05, 3.63) is 69.1 Å². The summed E-state index contributed by atoms with van der Waals surface area (Å²) in [5.41, 5.74) is 3.13. The zero-order valence-corrected chi connectivity index (χ0v) is 13.4. The van der Waals surface area contributed by atoms with Gasteiger partial charge in [-0.15, -0.1) is 0 Å². The Morgan fingerprint density at radius 3 is 2.74 bits per heavy atom. The summed E-state index contributed by atoms with van der Waals surface area (Å²) < 4.78 is 6.96. The Morgan fingerprint density at radius 1 is 1.22 bits per heavy atom. The molecule has 120 valence electrons. The molecule has 3 rings (SSSR count). The lowest BCUT2D eigenvalue weighted by atomic mass is 9.98. The minimum Gasteiger partial charge on any atom is -0.462 e. The van der Waals surface area contributed by atoms with Crippen molar-refractivity contribution in [1.29, 1.82) is 0 Å². The first-order valence-corrected chi connectivity index (χ1v) is 8.17. The number of hydrogen-bond donors (Lipinski definition) is 0. The topological polar surface area (TPSA) is 48.3 Å². The lowest BCUT2D eigenvalue weighted by Gasteiger charge is -2.22. The van der Waals surface area contributed by atoms with Crippen molar-refractivity contribution in [2.24, 2.45) is 0 Å². The number of carbonyl (C=O) groups is 1. The Balaban J connectivity index is 2.07. The molecule has 1 aromatic carbocycles. The largest absolute Gasteiger partial charge is 0.462 e. The van der Waals surface area contributed by atoms with E-state index in [-0.39, 0.29) is 11.5 Å². The predicted octanol–water partition coefficient (Wildman–Crippen LogP) is 2.95. The van der Waals surface area contributed by atoms with Gasteiger partial charge in [0.25, 0.3) is 5.56 Å². The lowest BCUT2D eigenvalue weighted by molar-refractivity contribution is 0.0523. The average molecular weight is 311 g/mol. The van der Waals surface area contributed by atoms with Gasteiger partial charge in [0.15, 0.2) is 0 Å². The average Bonchev–Trinajstić information content (AvgIpc) is 2.58. The van der Waals surface area contributed by atoms with E-state index in [0.29, 0.717) is 30.7 Å². The van der Waals surface area contributed by atoms with Gasteiger partial charge in [0.2, 0.25) is 0 Å². The Hall–Kier alpha value is -2.36. The van der Waals surface area contributed by atoms with Crippen LogP contribution in [0.1, 0.15) is 46.9 Å². The summed E-state index contributed by atoms with van der Waals surface area (Å²) in [6, 6.07) is 11.6. The third-order valence-electron chi connectivity index (χ3n) is 4.25. The van der Waals surface area contributed by atoms with Crippen molar-refractivity contribution in [2.75, 3.05) is 6.61 Å². The summed E-state index contributed by atoms with van der Waals surface area (Å²) in [4.78, 5) is 25.1. The van der Waals surface area contributed by atoms with E-state index in [1.807, 2.05) is 30.3 Å². The van der Waals surface area contributed by atoms with Crippen LogP contribution in [0.25, 0.3) is 0 Å². The molecule has 1 aliphatic rings. The van der Waals surface area contributed by atoms with E-state index in [2.05, 4.69) is 0 Å². The molecule has 2 aromatic rings. The summed E-state index contributed by atoms with van der Waals surface area (Å²) in [7, 11) is 0. The Kier molecular flexibility index (Phi) is 4.60. The molecule has 0 atom stereocenters. The van der Waals surface area contributed by atoms with E-state index >= 15 is 0 Å². The molecular formula is C19H21NO3. The summed E-state index contributed by atoms with van der Waals surface area (Å²) in [5.74, 6) is -0.326. The second kappa shape index (κ2) is 6.82. The standard InChI is InChI=1S/C19H21NO3/c1-2-23-19(22)16-13-15(12-14-8-4-3-5-9-14)18(21)20-11-7-6-10-17(16)20/h3-5,8-9,13H,2,6-7,10-12H2,1H3. The van der Waals surface area contributed by atoms with Crippen LogP contribution in [-0.4, -0.2) is 17.1 Å². The number of rotatable bonds is 4. The molecule has 1 aromatic heterocycles. The minimum absolute atomic E-state index is 0.0246. The van der Waals surface area contributed by atoms with Gasteiger partial charge in [-0.05, 0) is 37.8 Å². The first kappa shape index (κ1) is 15.5. The van der Waals surface area contributed by atoms with Crippen molar-refractivity contribution in [1.82, 2.24) is 4.57 Å². The molecule has 0 saturated carbocycles. The number of aromatic nitrogens is 1. The highest BCUT2D eigenvalue weighted by Gasteiger charge is 2.22.